The molecule has 4 heterocycles. The van der Waals surface area contributed by atoms with Gasteiger partial charge in [0, 0.05) is 31.0 Å². The van der Waals surface area contributed by atoms with Crippen molar-refractivity contribution in [1.29, 1.82) is 0 Å². The van der Waals surface area contributed by atoms with Gasteiger partial charge in [0.15, 0.2) is 11.5 Å². The van der Waals surface area contributed by atoms with Gasteiger partial charge in [0.25, 0.3) is 0 Å². The van der Waals surface area contributed by atoms with E-state index >= 15 is 0 Å². The van der Waals surface area contributed by atoms with Gasteiger partial charge in [-0.05, 0) is 24.6 Å². The Labute approximate surface area is 179 Å². The maximum atomic E-state index is 5.50. The van der Waals surface area contributed by atoms with Crippen LogP contribution >= 0.6 is 0 Å². The highest BCUT2D eigenvalue weighted by Crippen LogP contribution is 2.27. The number of morpholine rings is 1. The number of fused-ring (bicyclic) bond motifs is 1. The molecule has 0 amide bonds. The monoisotopic (exact) mass is 414 g/mol. The Balaban J connectivity index is 1.50. The minimum absolute atomic E-state index is 0.394. The molecule has 5 rings (SSSR count). The zero-order chi connectivity index (χ0) is 21.0. The number of pyridine rings is 1. The van der Waals surface area contributed by atoms with Crippen molar-refractivity contribution in [3.63, 3.8) is 0 Å². The first-order chi connectivity index (χ1) is 15.3. The average molecular weight is 414 g/mol. The Morgan fingerprint density at radius 2 is 1.94 bits per heavy atom. The third kappa shape index (κ3) is 4.22. The molecule has 1 aliphatic rings. The van der Waals surface area contributed by atoms with E-state index in [1.54, 1.807) is 18.6 Å². The molecule has 0 atom stereocenters. The minimum Gasteiger partial charge on any atom is -0.378 e. The molecule has 156 valence electrons. The summed E-state index contributed by atoms with van der Waals surface area (Å²) in [4.78, 5) is 23.6. The summed E-state index contributed by atoms with van der Waals surface area (Å²) in [6, 6.07) is 11.9. The Hall–Kier alpha value is -3.85. The van der Waals surface area contributed by atoms with Gasteiger partial charge >= 0.3 is 0 Å². The van der Waals surface area contributed by atoms with E-state index in [-0.39, 0.29) is 0 Å². The topological polar surface area (TPSA) is 104 Å². The number of aromatic amines is 1. The van der Waals surface area contributed by atoms with Crippen LogP contribution in [0, 0.1) is 6.92 Å². The minimum atomic E-state index is 0.394. The number of anilines is 2. The van der Waals surface area contributed by atoms with Gasteiger partial charge in [-0.25, -0.2) is 10.4 Å². The summed E-state index contributed by atoms with van der Waals surface area (Å²) in [6.45, 7) is 4.87. The van der Waals surface area contributed by atoms with E-state index in [0.717, 1.165) is 41.4 Å². The number of aromatic nitrogens is 5. The summed E-state index contributed by atoms with van der Waals surface area (Å²) in [5, 5.41) is 4.32. The van der Waals surface area contributed by atoms with Gasteiger partial charge < -0.3 is 14.6 Å². The van der Waals surface area contributed by atoms with E-state index in [0.29, 0.717) is 24.8 Å². The largest absolute Gasteiger partial charge is 0.378 e. The fourth-order valence-electron chi connectivity index (χ4n) is 3.50. The molecular weight excluding hydrogens is 392 g/mol. The number of imidazole rings is 1. The Morgan fingerprint density at radius 1 is 1.10 bits per heavy atom. The van der Waals surface area contributed by atoms with Crippen LogP contribution in [0.15, 0.2) is 53.9 Å². The molecule has 1 saturated heterocycles. The SMILES string of the molecule is Cc1cccc(/C=N/Nc2nc(N3CCOCC3)c3[nH]c(-c4ccncc4)nc3n2)c1. The van der Waals surface area contributed by atoms with E-state index in [4.69, 9.17) is 14.7 Å². The molecule has 0 spiro atoms. The second-order valence-corrected chi connectivity index (χ2v) is 7.27. The summed E-state index contributed by atoms with van der Waals surface area (Å²) in [7, 11) is 0. The molecule has 0 radical (unpaired) electrons. The molecule has 31 heavy (non-hydrogen) atoms. The van der Waals surface area contributed by atoms with Crippen LogP contribution in [0.3, 0.4) is 0 Å². The van der Waals surface area contributed by atoms with E-state index < -0.39 is 0 Å². The molecule has 0 bridgehead atoms. The number of nitrogens with one attached hydrogen (secondary N) is 2. The zero-order valence-electron chi connectivity index (χ0n) is 17.1. The second-order valence-electron chi connectivity index (χ2n) is 7.27. The molecule has 1 aromatic carbocycles. The number of rotatable bonds is 5. The standard InChI is InChI=1S/C22H22N8O/c1-15-3-2-4-16(13-15)14-24-29-22-27-20-18(21(28-22)30-9-11-31-12-10-30)25-19(26-20)17-5-7-23-8-6-17/h2-8,13-14H,9-12H2,1H3,(H2,25,26,27,28,29)/b24-14+. The number of hydrogen-bond donors (Lipinski definition) is 2. The lowest BCUT2D eigenvalue weighted by molar-refractivity contribution is 0.122. The van der Waals surface area contributed by atoms with Crippen LogP contribution in [0.2, 0.25) is 0 Å². The maximum Gasteiger partial charge on any atom is 0.247 e. The number of H-pyrrole nitrogens is 1. The van der Waals surface area contributed by atoms with Crippen molar-refractivity contribution < 1.29 is 4.74 Å². The van der Waals surface area contributed by atoms with E-state index in [1.165, 1.54) is 5.56 Å². The van der Waals surface area contributed by atoms with Crippen LogP contribution in [-0.2, 0) is 4.74 Å². The number of ether oxygens (including phenoxy) is 1. The molecular formula is C22H22N8O. The van der Waals surface area contributed by atoms with Crippen LogP contribution in [0.25, 0.3) is 22.6 Å². The van der Waals surface area contributed by atoms with Crippen molar-refractivity contribution in [2.75, 3.05) is 36.6 Å². The first-order valence-corrected chi connectivity index (χ1v) is 10.1. The fraction of sp³-hybridized carbons (Fsp3) is 0.227. The van der Waals surface area contributed by atoms with E-state index in [1.807, 2.05) is 37.3 Å². The van der Waals surface area contributed by atoms with Crippen molar-refractivity contribution in [3.05, 3.63) is 59.9 Å². The highest BCUT2D eigenvalue weighted by molar-refractivity contribution is 5.87. The van der Waals surface area contributed by atoms with Crippen LogP contribution in [-0.4, -0.2) is 57.4 Å². The third-order valence-corrected chi connectivity index (χ3v) is 5.02. The van der Waals surface area contributed by atoms with Gasteiger partial charge in [0.2, 0.25) is 5.95 Å². The number of benzene rings is 1. The summed E-state index contributed by atoms with van der Waals surface area (Å²) < 4.78 is 5.50. The summed E-state index contributed by atoms with van der Waals surface area (Å²) in [6.07, 6.45) is 5.23. The van der Waals surface area contributed by atoms with Crippen molar-refractivity contribution >= 4 is 29.1 Å². The fourth-order valence-corrected chi connectivity index (χ4v) is 3.50. The number of nitrogens with zero attached hydrogens (tertiary/aromatic N) is 6. The van der Waals surface area contributed by atoms with E-state index in [9.17, 15) is 0 Å². The average Bonchev–Trinajstić information content (AvgIpc) is 3.24. The molecule has 4 aromatic rings. The van der Waals surface area contributed by atoms with Crippen LogP contribution < -0.4 is 10.3 Å². The predicted octanol–water partition coefficient (Wildman–Crippen LogP) is 3.01. The van der Waals surface area contributed by atoms with Gasteiger partial charge in [0.1, 0.15) is 11.3 Å². The lowest BCUT2D eigenvalue weighted by atomic mass is 10.2. The van der Waals surface area contributed by atoms with Gasteiger partial charge in [-0.2, -0.15) is 15.1 Å². The summed E-state index contributed by atoms with van der Waals surface area (Å²) in [5.74, 6) is 1.90. The lowest BCUT2D eigenvalue weighted by Crippen LogP contribution is -2.37. The Bertz CT molecular complexity index is 1210. The quantitative estimate of drug-likeness (QED) is 0.382. The molecule has 3 aromatic heterocycles. The predicted molar refractivity (Wildman–Crippen MR) is 120 cm³/mol. The second kappa shape index (κ2) is 8.49. The normalized spacial score (nSPS) is 14.4. The summed E-state index contributed by atoms with van der Waals surface area (Å²) in [5.41, 5.74) is 7.45. The van der Waals surface area contributed by atoms with Crippen molar-refractivity contribution in [1.82, 2.24) is 24.9 Å². The smallest absolute Gasteiger partial charge is 0.247 e. The van der Waals surface area contributed by atoms with Crippen molar-refractivity contribution in [3.8, 4) is 11.4 Å². The van der Waals surface area contributed by atoms with Gasteiger partial charge in [-0.15, -0.1) is 0 Å². The Kier molecular flexibility index (Phi) is 5.24. The number of hydrazone groups is 1. The molecule has 1 aliphatic heterocycles. The van der Waals surface area contributed by atoms with Gasteiger partial charge in [0.05, 0.1) is 19.4 Å². The highest BCUT2D eigenvalue weighted by atomic mass is 16.5. The molecule has 9 heteroatoms. The van der Waals surface area contributed by atoms with Gasteiger partial charge in [-0.3, -0.25) is 4.98 Å². The van der Waals surface area contributed by atoms with Crippen LogP contribution in [0.1, 0.15) is 11.1 Å². The van der Waals surface area contributed by atoms with Crippen molar-refractivity contribution in [2.24, 2.45) is 5.10 Å². The highest BCUT2D eigenvalue weighted by Gasteiger charge is 2.20. The van der Waals surface area contributed by atoms with Crippen LogP contribution in [0.4, 0.5) is 11.8 Å². The van der Waals surface area contributed by atoms with Gasteiger partial charge in [-0.1, -0.05) is 29.8 Å². The Morgan fingerprint density at radius 3 is 2.74 bits per heavy atom. The van der Waals surface area contributed by atoms with Crippen LogP contribution in [0.5, 0.6) is 0 Å². The summed E-state index contributed by atoms with van der Waals surface area (Å²) >= 11 is 0. The third-order valence-electron chi connectivity index (χ3n) is 5.02. The molecule has 0 aliphatic carbocycles. The number of hydrogen-bond acceptors (Lipinski definition) is 8. The molecule has 1 fully saturated rings. The lowest BCUT2D eigenvalue weighted by Gasteiger charge is -2.28. The first kappa shape index (κ1) is 19.1. The number of aryl methyl sites for hydroxylation is 1. The van der Waals surface area contributed by atoms with Crippen molar-refractivity contribution in [2.45, 2.75) is 6.92 Å². The molecule has 2 N–H and O–H groups in total. The first-order valence-electron chi connectivity index (χ1n) is 10.1. The van der Waals surface area contributed by atoms with E-state index in [2.05, 4.69) is 36.4 Å². The molecule has 0 saturated carbocycles. The zero-order valence-corrected chi connectivity index (χ0v) is 17.1. The maximum absolute atomic E-state index is 5.50. The molecule has 9 nitrogen and oxygen atoms in total. The molecule has 0 unspecified atom stereocenters.